The van der Waals surface area contributed by atoms with Gasteiger partial charge in [0.05, 0.1) is 17.8 Å². The zero-order valence-corrected chi connectivity index (χ0v) is 48.9. The molecule has 0 saturated heterocycles. The molecule has 6 fully saturated rings. The van der Waals surface area contributed by atoms with Crippen LogP contribution in [0.2, 0.25) is 0 Å². The number of fused-ring (bicyclic) bond motifs is 2. The fourth-order valence-corrected chi connectivity index (χ4v) is 13.0. The van der Waals surface area contributed by atoms with Crippen LogP contribution in [0.5, 0.6) is 0 Å². The summed E-state index contributed by atoms with van der Waals surface area (Å²) in [6.45, 7) is 44.2. The lowest BCUT2D eigenvalue weighted by Gasteiger charge is -2.49. The van der Waals surface area contributed by atoms with Crippen LogP contribution >= 0.6 is 0 Å². The van der Waals surface area contributed by atoms with Crippen LogP contribution in [0.15, 0.2) is 72.4 Å². The van der Waals surface area contributed by atoms with Crippen molar-refractivity contribution < 1.29 is 46.8 Å². The normalized spacial score (nSPS) is 30.5. The van der Waals surface area contributed by atoms with Crippen LogP contribution in [-0.4, -0.2) is 56.2 Å². The molecule has 6 rings (SSSR count). The average molecular weight is 1050 g/mol. The van der Waals surface area contributed by atoms with E-state index in [1.807, 2.05) is 47.6 Å². The maximum absolute atomic E-state index is 11.4. The highest BCUT2D eigenvalue weighted by Crippen LogP contribution is 2.64. The second-order valence-electron chi connectivity index (χ2n) is 23.5. The zero-order chi connectivity index (χ0) is 56.8. The van der Waals surface area contributed by atoms with Crippen LogP contribution in [0.1, 0.15) is 245 Å². The van der Waals surface area contributed by atoms with E-state index >= 15 is 0 Å². The smallest absolute Gasteiger partial charge is 0.393 e. The molecule has 73 heavy (non-hydrogen) atoms. The molecule has 6 saturated carbocycles. The van der Waals surface area contributed by atoms with E-state index in [4.69, 9.17) is 10.2 Å². The Morgan fingerprint density at radius 1 is 0.685 bits per heavy atom. The monoisotopic (exact) mass is 1040 g/mol. The van der Waals surface area contributed by atoms with Gasteiger partial charge in [-0.25, -0.2) is 0 Å². The van der Waals surface area contributed by atoms with E-state index in [-0.39, 0.29) is 19.1 Å². The van der Waals surface area contributed by atoms with E-state index in [0.717, 1.165) is 93.5 Å². The third kappa shape index (κ3) is 20.6. The average Bonchev–Trinajstić information content (AvgIpc) is 3.88. The molecular formula is C63H110F6O4. The lowest BCUT2D eigenvalue weighted by molar-refractivity contribution is -0.360. The fraction of sp³-hybridized carbons (Fsp3) is 0.810. The van der Waals surface area contributed by atoms with Crippen molar-refractivity contribution >= 4 is 0 Å². The molecule has 0 heterocycles. The standard InChI is InChI=1S/C29H48O2.C15H26.C7H12O.C4H4F6O.C4H8.2C2H6/c1-7-28(5,19-10-18-27(3,4)31)26-17-16-24-23(12-9-20-29(24,26)6)15-14-22-11-8-13-25(30)21(22)2;1-5-11(2)13-8-9-14-12(3)7-6-10-15(13,14)4;1-6-3-2-4-7(8)5-6;1-2(11,3(5,6)7)4(8,9)10;1-3-4-2;2*1-2/h14-15,24-26,30-31H,2,7-13,16-20H2,1,3-6H3;11,13-14H,3,5-10H2,1-2,4H3;7-8H,1-5H2;11H,1H3;3H,1,4H2,2H3;2*1-2H3/b22-14-,23-15+;;;;;;/t24-,25?,26?,28?,29?;11?,13?,14-,15?;;;;;/m00...../s1. The molecule has 0 aliphatic heterocycles. The van der Waals surface area contributed by atoms with Crippen LogP contribution < -0.4 is 0 Å². The van der Waals surface area contributed by atoms with E-state index in [9.17, 15) is 36.6 Å². The molecule has 0 amide bonds. The van der Waals surface area contributed by atoms with Gasteiger partial charge in [-0.1, -0.05) is 150 Å². The van der Waals surface area contributed by atoms with Crippen LogP contribution in [0.4, 0.5) is 26.3 Å². The first-order valence-electron chi connectivity index (χ1n) is 28.8. The summed E-state index contributed by atoms with van der Waals surface area (Å²) >= 11 is 0. The maximum Gasteiger partial charge on any atom is 0.425 e. The Balaban J connectivity index is 0.00000102. The number of aliphatic hydroxyl groups excluding tert-OH is 2. The molecule has 0 aromatic rings. The van der Waals surface area contributed by atoms with Crippen molar-refractivity contribution in [2.24, 2.45) is 45.8 Å². The van der Waals surface area contributed by atoms with Gasteiger partial charge in [0.1, 0.15) is 0 Å². The van der Waals surface area contributed by atoms with Gasteiger partial charge in [0.25, 0.3) is 5.60 Å². The summed E-state index contributed by atoms with van der Waals surface area (Å²) in [5.74, 6) is 4.19. The molecule has 8 unspecified atom stereocenters. The summed E-state index contributed by atoms with van der Waals surface area (Å²) in [5, 5.41) is 37.3. The predicted molar refractivity (Wildman–Crippen MR) is 298 cm³/mol. The van der Waals surface area contributed by atoms with Crippen molar-refractivity contribution in [2.45, 2.75) is 280 Å². The highest BCUT2D eigenvalue weighted by atomic mass is 19.4. The Hall–Kier alpha value is -2.14. The van der Waals surface area contributed by atoms with Gasteiger partial charge in [0, 0.05) is 0 Å². The van der Waals surface area contributed by atoms with Crippen LogP contribution in [0.3, 0.4) is 0 Å². The van der Waals surface area contributed by atoms with Crippen molar-refractivity contribution in [1.82, 2.24) is 0 Å². The van der Waals surface area contributed by atoms with Gasteiger partial charge in [-0.3, -0.25) is 0 Å². The Kier molecular flexibility index (Phi) is 31.0. The summed E-state index contributed by atoms with van der Waals surface area (Å²) in [4.78, 5) is 0. The number of aliphatic hydroxyl groups is 4. The van der Waals surface area contributed by atoms with Gasteiger partial charge < -0.3 is 20.4 Å². The number of allylic oxidation sites excluding steroid dienone is 5. The molecular weight excluding hydrogens is 935 g/mol. The highest BCUT2D eigenvalue weighted by molar-refractivity contribution is 5.38. The Morgan fingerprint density at radius 2 is 1.22 bits per heavy atom. The van der Waals surface area contributed by atoms with E-state index in [1.54, 1.807) is 11.1 Å². The molecule has 10 atom stereocenters. The first kappa shape index (κ1) is 70.9. The molecule has 0 bridgehead atoms. The van der Waals surface area contributed by atoms with Crippen molar-refractivity contribution in [3.8, 4) is 0 Å². The molecule has 4 nitrogen and oxygen atoms in total. The van der Waals surface area contributed by atoms with E-state index < -0.39 is 23.6 Å². The molecule has 428 valence electrons. The minimum atomic E-state index is -5.69. The lowest BCUT2D eigenvalue weighted by Crippen LogP contribution is -2.54. The van der Waals surface area contributed by atoms with Crippen LogP contribution in [0.25, 0.3) is 0 Å². The van der Waals surface area contributed by atoms with Gasteiger partial charge >= 0.3 is 12.4 Å². The van der Waals surface area contributed by atoms with Crippen molar-refractivity contribution in [2.75, 3.05) is 0 Å². The molecule has 6 aliphatic carbocycles. The molecule has 6 aliphatic rings. The summed E-state index contributed by atoms with van der Waals surface area (Å²) < 4.78 is 68.2. The second-order valence-corrected chi connectivity index (χ2v) is 23.5. The minimum absolute atomic E-state index is 0.0868. The predicted octanol–water partition coefficient (Wildman–Crippen LogP) is 19.3. The third-order valence-electron chi connectivity index (χ3n) is 17.8. The number of alkyl halides is 6. The zero-order valence-electron chi connectivity index (χ0n) is 48.9. The molecule has 0 aromatic heterocycles. The Bertz CT molecular complexity index is 1690. The Morgan fingerprint density at radius 3 is 1.68 bits per heavy atom. The number of hydrogen-bond acceptors (Lipinski definition) is 4. The SMILES string of the molecule is C=C1/C(=C\C=C2/CCCC3(C)C(C(C)(CC)CCCC(C)(C)O)CC[C@@H]23)CCCC1O.C=C1CCCC(O)C1.C=C1CCCC2(C)C(C(C)CC)CC[C@@H]12.C=CCC.CC.CC.CC(O)(C(F)(F)F)C(F)(F)F. The molecule has 0 radical (unpaired) electrons. The maximum atomic E-state index is 11.4. The summed E-state index contributed by atoms with van der Waals surface area (Å²) in [6, 6.07) is 0. The van der Waals surface area contributed by atoms with Crippen LogP contribution in [0, 0.1) is 45.8 Å². The van der Waals surface area contributed by atoms with Gasteiger partial charge in [-0.05, 0) is 206 Å². The molecule has 10 heteroatoms. The lowest BCUT2D eigenvalue weighted by atomic mass is 9.55. The van der Waals surface area contributed by atoms with Crippen LogP contribution in [-0.2, 0) is 0 Å². The fourth-order valence-electron chi connectivity index (χ4n) is 13.0. The van der Waals surface area contributed by atoms with E-state index in [1.165, 1.54) is 94.6 Å². The Labute approximate surface area is 443 Å². The number of rotatable bonds is 10. The van der Waals surface area contributed by atoms with Gasteiger partial charge in [-0.2, -0.15) is 26.3 Å². The highest BCUT2D eigenvalue weighted by Gasteiger charge is 2.67. The largest absolute Gasteiger partial charge is 0.425 e. The summed E-state index contributed by atoms with van der Waals surface area (Å²) in [7, 11) is 0. The third-order valence-corrected chi connectivity index (χ3v) is 17.8. The van der Waals surface area contributed by atoms with E-state index in [0.29, 0.717) is 22.2 Å². The summed E-state index contributed by atoms with van der Waals surface area (Å²) in [5.41, 5.74) is 2.80. The second kappa shape index (κ2) is 31.9. The number of hydrogen-bond donors (Lipinski definition) is 4. The minimum Gasteiger partial charge on any atom is -0.393 e. The van der Waals surface area contributed by atoms with Crippen molar-refractivity contribution in [3.05, 3.63) is 72.4 Å². The quantitative estimate of drug-likeness (QED) is 0.130. The van der Waals surface area contributed by atoms with Gasteiger partial charge in [0.15, 0.2) is 0 Å². The number of halogens is 6. The summed E-state index contributed by atoms with van der Waals surface area (Å²) in [6.07, 6.45) is 22.2. The van der Waals surface area contributed by atoms with Gasteiger partial charge in [-0.15, -0.1) is 6.58 Å². The molecule has 4 N–H and O–H groups in total. The first-order chi connectivity index (χ1) is 33.8. The topological polar surface area (TPSA) is 80.9 Å². The first-order valence-corrected chi connectivity index (χ1v) is 28.8. The molecule has 0 spiro atoms. The van der Waals surface area contributed by atoms with Crippen molar-refractivity contribution in [1.29, 1.82) is 0 Å². The van der Waals surface area contributed by atoms with Crippen molar-refractivity contribution in [3.63, 3.8) is 0 Å². The molecule has 0 aromatic carbocycles. The van der Waals surface area contributed by atoms with Gasteiger partial charge in [0.2, 0.25) is 0 Å². The van der Waals surface area contributed by atoms with E-state index in [2.05, 4.69) is 86.9 Å².